The van der Waals surface area contributed by atoms with Crippen molar-refractivity contribution >= 4 is 27.6 Å². The van der Waals surface area contributed by atoms with Gasteiger partial charge in [0.2, 0.25) is 10.0 Å². The fourth-order valence-electron chi connectivity index (χ4n) is 1.78. The molecule has 0 amide bonds. The molecule has 21 heavy (non-hydrogen) atoms. The van der Waals surface area contributed by atoms with Crippen molar-refractivity contribution in [2.75, 3.05) is 13.7 Å². The molecule has 1 rings (SSSR count). The molecule has 0 saturated carbocycles. The lowest BCUT2D eigenvalue weighted by Gasteiger charge is -2.08. The topological polar surface area (TPSA) is 72.5 Å². The Morgan fingerprint density at radius 2 is 2.00 bits per heavy atom. The number of ether oxygens (including phenoxy) is 1. The molecular weight excluding hydrogens is 314 g/mol. The van der Waals surface area contributed by atoms with E-state index in [-0.39, 0.29) is 15.9 Å². The summed E-state index contributed by atoms with van der Waals surface area (Å²) in [5, 5.41) is 0.216. The van der Waals surface area contributed by atoms with Crippen LogP contribution in [0.5, 0.6) is 0 Å². The second kappa shape index (κ2) is 8.36. The van der Waals surface area contributed by atoms with Gasteiger partial charge in [-0.1, -0.05) is 24.1 Å². The molecule has 5 nitrogen and oxygen atoms in total. The highest BCUT2D eigenvalue weighted by atomic mass is 35.5. The Hall–Kier alpha value is -1.11. The number of hydrogen-bond acceptors (Lipinski definition) is 4. The van der Waals surface area contributed by atoms with Crippen LogP contribution in [0.2, 0.25) is 5.02 Å². The summed E-state index contributed by atoms with van der Waals surface area (Å²) in [5.41, 5.74) is 0.904. The third-order valence-electron chi connectivity index (χ3n) is 2.95. The summed E-state index contributed by atoms with van der Waals surface area (Å²) in [6.07, 6.45) is 2.44. The van der Waals surface area contributed by atoms with E-state index < -0.39 is 10.0 Å². The van der Waals surface area contributed by atoms with E-state index in [9.17, 15) is 13.2 Å². The molecule has 7 heteroatoms. The molecule has 0 aliphatic heterocycles. The molecule has 1 N–H and O–H groups in total. The number of rotatable bonds is 8. The van der Waals surface area contributed by atoms with Crippen molar-refractivity contribution in [2.45, 2.75) is 37.5 Å². The number of esters is 1. The second-order valence-electron chi connectivity index (χ2n) is 4.72. The van der Waals surface area contributed by atoms with Gasteiger partial charge in [-0.2, -0.15) is 0 Å². The summed E-state index contributed by atoms with van der Waals surface area (Å²) in [7, 11) is -2.24. The normalized spacial score (nSPS) is 11.4. The Bertz CT molecular complexity index is 587. The zero-order valence-corrected chi connectivity index (χ0v) is 13.8. The number of sulfonamides is 1. The first-order valence-corrected chi connectivity index (χ1v) is 8.55. The van der Waals surface area contributed by atoms with Gasteiger partial charge in [-0.05, 0) is 37.5 Å². The van der Waals surface area contributed by atoms with Crippen LogP contribution in [0.4, 0.5) is 0 Å². The quantitative estimate of drug-likeness (QED) is 0.586. The van der Waals surface area contributed by atoms with Crippen LogP contribution in [-0.2, 0) is 19.6 Å². The van der Waals surface area contributed by atoms with Crippen molar-refractivity contribution in [1.82, 2.24) is 4.72 Å². The number of unbranched alkanes of at least 4 members (excludes halogenated alkanes) is 2. The predicted octanol–water partition coefficient (Wildman–Crippen LogP) is 2.66. The lowest BCUT2D eigenvalue weighted by atomic mass is 10.2. The molecule has 0 aliphatic rings. The van der Waals surface area contributed by atoms with Crippen molar-refractivity contribution in [1.29, 1.82) is 0 Å². The molecule has 0 aliphatic carbocycles. The highest BCUT2D eigenvalue weighted by Crippen LogP contribution is 2.22. The smallest absolute Gasteiger partial charge is 0.305 e. The average Bonchev–Trinajstić information content (AvgIpc) is 2.41. The largest absolute Gasteiger partial charge is 0.469 e. The van der Waals surface area contributed by atoms with E-state index in [0.29, 0.717) is 25.8 Å². The van der Waals surface area contributed by atoms with Gasteiger partial charge in [0.1, 0.15) is 4.90 Å². The molecule has 0 aromatic heterocycles. The maximum Gasteiger partial charge on any atom is 0.305 e. The number of nitrogens with one attached hydrogen (secondary N) is 1. The highest BCUT2D eigenvalue weighted by molar-refractivity contribution is 7.89. The lowest BCUT2D eigenvalue weighted by Crippen LogP contribution is -2.25. The van der Waals surface area contributed by atoms with Crippen LogP contribution in [-0.4, -0.2) is 28.0 Å². The number of benzene rings is 1. The summed E-state index contributed by atoms with van der Waals surface area (Å²) in [5.74, 6) is -0.248. The standard InChI is InChI=1S/C14H20ClNO4S/c1-11-7-8-13(12(15)10-11)21(18,19)16-9-5-3-4-6-14(17)20-2/h7-8,10,16H,3-6,9H2,1-2H3. The number of halogens is 1. The molecule has 0 fully saturated rings. The number of aryl methyl sites for hydroxylation is 1. The van der Waals surface area contributed by atoms with Crippen LogP contribution >= 0.6 is 11.6 Å². The zero-order chi connectivity index (χ0) is 15.9. The fraction of sp³-hybridized carbons (Fsp3) is 0.500. The lowest BCUT2D eigenvalue weighted by molar-refractivity contribution is -0.140. The van der Waals surface area contributed by atoms with Crippen LogP contribution < -0.4 is 4.72 Å². The van der Waals surface area contributed by atoms with E-state index in [2.05, 4.69) is 9.46 Å². The van der Waals surface area contributed by atoms with Gasteiger partial charge in [0, 0.05) is 13.0 Å². The molecular formula is C14H20ClNO4S. The molecule has 0 unspecified atom stereocenters. The molecule has 1 aromatic carbocycles. The van der Waals surface area contributed by atoms with Crippen LogP contribution in [0.25, 0.3) is 0 Å². The van der Waals surface area contributed by atoms with Crippen molar-refractivity contribution in [2.24, 2.45) is 0 Å². The Labute approximate surface area is 130 Å². The predicted molar refractivity (Wildman–Crippen MR) is 81.9 cm³/mol. The third kappa shape index (κ3) is 6.03. The van der Waals surface area contributed by atoms with Crippen LogP contribution in [0.1, 0.15) is 31.2 Å². The van der Waals surface area contributed by atoms with Crippen molar-refractivity contribution in [3.8, 4) is 0 Å². The van der Waals surface area contributed by atoms with E-state index in [1.165, 1.54) is 13.2 Å². The third-order valence-corrected chi connectivity index (χ3v) is 4.90. The molecule has 1 aromatic rings. The van der Waals surface area contributed by atoms with Gasteiger partial charge < -0.3 is 4.74 Å². The minimum Gasteiger partial charge on any atom is -0.469 e. The number of hydrogen-bond donors (Lipinski definition) is 1. The molecule has 118 valence electrons. The summed E-state index contributed by atoms with van der Waals surface area (Å²) in [6.45, 7) is 2.16. The number of methoxy groups -OCH3 is 1. The van der Waals surface area contributed by atoms with E-state index in [0.717, 1.165) is 12.0 Å². The van der Waals surface area contributed by atoms with Crippen molar-refractivity contribution in [3.05, 3.63) is 28.8 Å². The van der Waals surface area contributed by atoms with E-state index in [1.54, 1.807) is 12.1 Å². The second-order valence-corrected chi connectivity index (χ2v) is 6.86. The summed E-state index contributed by atoms with van der Waals surface area (Å²) >= 11 is 5.96. The van der Waals surface area contributed by atoms with Gasteiger partial charge in [0.15, 0.2) is 0 Å². The fourth-order valence-corrected chi connectivity index (χ4v) is 3.45. The van der Waals surface area contributed by atoms with E-state index >= 15 is 0 Å². The van der Waals surface area contributed by atoms with Gasteiger partial charge >= 0.3 is 5.97 Å². The SMILES string of the molecule is COC(=O)CCCCCNS(=O)(=O)c1ccc(C)cc1Cl. The minimum atomic E-state index is -3.59. The van der Waals surface area contributed by atoms with Crippen LogP contribution in [0.15, 0.2) is 23.1 Å². The zero-order valence-electron chi connectivity index (χ0n) is 12.2. The average molecular weight is 334 g/mol. The Balaban J connectivity index is 2.42. The van der Waals surface area contributed by atoms with Gasteiger partial charge in [-0.15, -0.1) is 0 Å². The first kappa shape index (κ1) is 17.9. The van der Waals surface area contributed by atoms with Gasteiger partial charge in [0.05, 0.1) is 12.1 Å². The monoisotopic (exact) mass is 333 g/mol. The number of carbonyl (C=O) groups is 1. The molecule has 0 bridgehead atoms. The van der Waals surface area contributed by atoms with Crippen LogP contribution in [0.3, 0.4) is 0 Å². The Morgan fingerprint density at radius 3 is 2.62 bits per heavy atom. The van der Waals surface area contributed by atoms with Gasteiger partial charge in [-0.25, -0.2) is 13.1 Å². The van der Waals surface area contributed by atoms with Gasteiger partial charge in [-0.3, -0.25) is 4.79 Å². The van der Waals surface area contributed by atoms with E-state index in [1.807, 2.05) is 6.92 Å². The van der Waals surface area contributed by atoms with Crippen molar-refractivity contribution in [3.63, 3.8) is 0 Å². The molecule has 0 spiro atoms. The van der Waals surface area contributed by atoms with E-state index in [4.69, 9.17) is 11.6 Å². The maximum absolute atomic E-state index is 12.1. The first-order chi connectivity index (χ1) is 9.86. The van der Waals surface area contributed by atoms with Crippen LogP contribution in [0, 0.1) is 6.92 Å². The Kier molecular flexibility index (Phi) is 7.14. The molecule has 0 saturated heterocycles. The van der Waals surface area contributed by atoms with Gasteiger partial charge in [0.25, 0.3) is 0 Å². The highest BCUT2D eigenvalue weighted by Gasteiger charge is 2.16. The summed E-state index contributed by atoms with van der Waals surface area (Å²) in [6, 6.07) is 4.82. The molecule has 0 heterocycles. The first-order valence-electron chi connectivity index (χ1n) is 6.69. The summed E-state index contributed by atoms with van der Waals surface area (Å²) in [4.78, 5) is 11.0. The molecule has 0 atom stereocenters. The number of carbonyl (C=O) groups excluding carboxylic acids is 1. The maximum atomic E-state index is 12.1. The summed E-state index contributed by atoms with van der Waals surface area (Å²) < 4.78 is 31.2. The van der Waals surface area contributed by atoms with Crippen molar-refractivity contribution < 1.29 is 17.9 Å². The Morgan fingerprint density at radius 1 is 1.29 bits per heavy atom. The minimum absolute atomic E-state index is 0.0873. The molecule has 0 radical (unpaired) electrons.